The van der Waals surface area contributed by atoms with Crippen molar-refractivity contribution in [2.45, 2.75) is 19.3 Å². The topological polar surface area (TPSA) is 49.9 Å². The van der Waals surface area contributed by atoms with Crippen molar-refractivity contribution in [1.82, 2.24) is 4.90 Å². The number of benzene rings is 1. The van der Waals surface area contributed by atoms with E-state index in [-0.39, 0.29) is 11.1 Å². The lowest BCUT2D eigenvalue weighted by Gasteiger charge is -2.31. The molecular weight excluding hydrogens is 300 g/mol. The Kier molecular flexibility index (Phi) is 4.57. The van der Waals surface area contributed by atoms with Gasteiger partial charge in [0.25, 0.3) is 5.24 Å². The minimum Gasteiger partial charge on any atom is -0.495 e. The van der Waals surface area contributed by atoms with Gasteiger partial charge in [-0.3, -0.25) is 9.59 Å². The second-order valence-electron chi connectivity index (χ2n) is 5.47. The van der Waals surface area contributed by atoms with Crippen molar-refractivity contribution in [1.29, 1.82) is 0 Å². The van der Waals surface area contributed by atoms with Crippen LogP contribution in [0.4, 0.5) is 10.5 Å². The van der Waals surface area contributed by atoms with Crippen LogP contribution in [0.5, 0.6) is 5.75 Å². The lowest BCUT2D eigenvalue weighted by molar-refractivity contribution is -0.118. The molecule has 3 rings (SSSR count). The molecule has 1 aromatic rings. The van der Waals surface area contributed by atoms with Gasteiger partial charge in [-0.1, -0.05) is 23.9 Å². The third-order valence-corrected chi connectivity index (χ3v) is 5.03. The van der Waals surface area contributed by atoms with Crippen LogP contribution < -0.4 is 9.64 Å². The zero-order valence-electron chi connectivity index (χ0n) is 12.7. The molecule has 2 heterocycles. The van der Waals surface area contributed by atoms with Gasteiger partial charge in [0, 0.05) is 31.8 Å². The van der Waals surface area contributed by atoms with E-state index in [1.807, 2.05) is 17.0 Å². The summed E-state index contributed by atoms with van der Waals surface area (Å²) in [6, 6.07) is 5.91. The lowest BCUT2D eigenvalue weighted by atomic mass is 10.0. The van der Waals surface area contributed by atoms with Crippen molar-refractivity contribution in [2.75, 3.05) is 37.4 Å². The Morgan fingerprint density at radius 3 is 2.95 bits per heavy atom. The number of thioether (sulfide) groups is 1. The van der Waals surface area contributed by atoms with Gasteiger partial charge in [0.1, 0.15) is 5.75 Å². The minimum absolute atomic E-state index is 0.0650. The maximum atomic E-state index is 12.6. The van der Waals surface area contributed by atoms with E-state index in [9.17, 15) is 9.59 Å². The molecule has 6 heteroatoms. The first kappa shape index (κ1) is 15.2. The number of rotatable bonds is 4. The number of carbonyl (C=O) groups is 2. The van der Waals surface area contributed by atoms with Gasteiger partial charge < -0.3 is 14.5 Å². The largest absolute Gasteiger partial charge is 0.495 e. The molecule has 1 fully saturated rings. The van der Waals surface area contributed by atoms with E-state index in [0.717, 1.165) is 48.7 Å². The highest BCUT2D eigenvalue weighted by atomic mass is 32.2. The summed E-state index contributed by atoms with van der Waals surface area (Å²) < 4.78 is 5.43. The Labute approximate surface area is 134 Å². The molecule has 2 aliphatic rings. The molecule has 0 aliphatic carbocycles. The molecular formula is C16H20N2O3S. The van der Waals surface area contributed by atoms with E-state index in [1.165, 1.54) is 11.8 Å². The predicted molar refractivity (Wildman–Crippen MR) is 87.7 cm³/mol. The zero-order valence-corrected chi connectivity index (χ0v) is 13.5. The number of nitrogens with zero attached hydrogens (tertiary/aromatic N) is 2. The number of carbonyl (C=O) groups excluding carboxylic acids is 2. The normalized spacial score (nSPS) is 17.6. The van der Waals surface area contributed by atoms with Crippen LogP contribution in [0.1, 0.15) is 18.4 Å². The standard InChI is InChI=1S/C16H20N2O3S/c1-21-13-6-2-4-12-5-3-8-18(15(12)13)14(19)7-9-17-10-11-22-16(17)20/h2,4,6H,3,5,7-11H2,1H3. The number of ether oxygens (including phenoxy) is 1. The van der Waals surface area contributed by atoms with Gasteiger partial charge in [0.05, 0.1) is 12.8 Å². The molecule has 2 amide bonds. The Bertz CT molecular complexity index is 577. The van der Waals surface area contributed by atoms with E-state index in [2.05, 4.69) is 6.07 Å². The number of para-hydroxylation sites is 1. The molecule has 5 nitrogen and oxygen atoms in total. The molecule has 22 heavy (non-hydrogen) atoms. The molecule has 1 saturated heterocycles. The van der Waals surface area contributed by atoms with E-state index in [4.69, 9.17) is 4.74 Å². The van der Waals surface area contributed by atoms with Crippen LogP contribution in [0.15, 0.2) is 18.2 Å². The van der Waals surface area contributed by atoms with Crippen molar-refractivity contribution < 1.29 is 14.3 Å². The van der Waals surface area contributed by atoms with Crippen molar-refractivity contribution in [3.05, 3.63) is 23.8 Å². The van der Waals surface area contributed by atoms with Crippen molar-refractivity contribution >= 4 is 28.6 Å². The van der Waals surface area contributed by atoms with E-state index in [0.29, 0.717) is 13.0 Å². The van der Waals surface area contributed by atoms with Gasteiger partial charge in [0.15, 0.2) is 0 Å². The second kappa shape index (κ2) is 6.60. The van der Waals surface area contributed by atoms with Crippen LogP contribution in [-0.2, 0) is 11.2 Å². The Morgan fingerprint density at radius 1 is 1.36 bits per heavy atom. The molecule has 0 aromatic heterocycles. The molecule has 0 unspecified atom stereocenters. The first-order valence-corrected chi connectivity index (χ1v) is 8.57. The Balaban J connectivity index is 1.73. The molecule has 0 N–H and O–H groups in total. The summed E-state index contributed by atoms with van der Waals surface area (Å²) in [5.41, 5.74) is 2.06. The second-order valence-corrected chi connectivity index (χ2v) is 6.51. The third-order valence-electron chi connectivity index (χ3n) is 4.14. The van der Waals surface area contributed by atoms with Crippen LogP contribution in [-0.4, -0.2) is 48.5 Å². The zero-order chi connectivity index (χ0) is 15.5. The summed E-state index contributed by atoms with van der Waals surface area (Å²) >= 11 is 1.33. The highest BCUT2D eigenvalue weighted by molar-refractivity contribution is 8.13. The van der Waals surface area contributed by atoms with E-state index >= 15 is 0 Å². The molecule has 0 radical (unpaired) electrons. The highest BCUT2D eigenvalue weighted by Gasteiger charge is 2.27. The number of fused-ring (bicyclic) bond motifs is 1. The van der Waals surface area contributed by atoms with Crippen molar-refractivity contribution in [3.63, 3.8) is 0 Å². The summed E-state index contributed by atoms with van der Waals surface area (Å²) in [4.78, 5) is 27.8. The summed E-state index contributed by atoms with van der Waals surface area (Å²) in [7, 11) is 1.63. The number of aryl methyl sites for hydroxylation is 1. The fourth-order valence-corrected chi connectivity index (χ4v) is 3.88. The van der Waals surface area contributed by atoms with Crippen LogP contribution in [0.3, 0.4) is 0 Å². The van der Waals surface area contributed by atoms with Gasteiger partial charge in [-0.05, 0) is 24.5 Å². The predicted octanol–water partition coefficient (Wildman–Crippen LogP) is 2.53. The molecule has 118 valence electrons. The first-order chi connectivity index (χ1) is 10.7. The van der Waals surface area contributed by atoms with Gasteiger partial charge in [-0.2, -0.15) is 0 Å². The van der Waals surface area contributed by atoms with Crippen molar-refractivity contribution in [3.8, 4) is 5.75 Å². The Morgan fingerprint density at radius 2 is 2.23 bits per heavy atom. The monoisotopic (exact) mass is 320 g/mol. The SMILES string of the molecule is COc1cccc2c1N(C(=O)CCN1CCSC1=O)CCC2. The lowest BCUT2D eigenvalue weighted by Crippen LogP contribution is -2.38. The highest BCUT2D eigenvalue weighted by Crippen LogP contribution is 2.36. The fourth-order valence-electron chi connectivity index (χ4n) is 3.02. The minimum atomic E-state index is 0.0650. The van der Waals surface area contributed by atoms with Crippen molar-refractivity contribution in [2.24, 2.45) is 0 Å². The summed E-state index contributed by atoms with van der Waals surface area (Å²) in [5.74, 6) is 1.64. The first-order valence-electron chi connectivity index (χ1n) is 7.58. The number of anilines is 1. The number of methoxy groups -OCH3 is 1. The molecule has 0 bridgehead atoms. The molecule has 0 atom stereocenters. The summed E-state index contributed by atoms with van der Waals surface area (Å²) in [6.07, 6.45) is 2.30. The molecule has 0 saturated carbocycles. The average molecular weight is 320 g/mol. The van der Waals surface area contributed by atoms with Gasteiger partial charge in [0.2, 0.25) is 5.91 Å². The fraction of sp³-hybridized carbons (Fsp3) is 0.500. The maximum Gasteiger partial charge on any atom is 0.281 e. The van der Waals surface area contributed by atoms with Gasteiger partial charge >= 0.3 is 0 Å². The Hall–Kier alpha value is -1.69. The molecule has 0 spiro atoms. The molecule has 1 aromatic carbocycles. The number of amides is 2. The summed E-state index contributed by atoms with van der Waals surface area (Å²) in [6.45, 7) is 1.97. The van der Waals surface area contributed by atoms with Crippen LogP contribution >= 0.6 is 11.8 Å². The average Bonchev–Trinajstić information content (AvgIpc) is 2.96. The van der Waals surface area contributed by atoms with Crippen LogP contribution in [0.25, 0.3) is 0 Å². The smallest absolute Gasteiger partial charge is 0.281 e. The van der Waals surface area contributed by atoms with E-state index < -0.39 is 0 Å². The number of hydrogen-bond donors (Lipinski definition) is 0. The summed E-state index contributed by atoms with van der Waals surface area (Å²) in [5, 5.41) is 0.0874. The van der Waals surface area contributed by atoms with Gasteiger partial charge in [-0.15, -0.1) is 0 Å². The number of hydrogen-bond acceptors (Lipinski definition) is 4. The molecule has 2 aliphatic heterocycles. The van der Waals surface area contributed by atoms with Crippen LogP contribution in [0.2, 0.25) is 0 Å². The quantitative estimate of drug-likeness (QED) is 0.855. The van der Waals surface area contributed by atoms with Crippen LogP contribution in [0, 0.1) is 0 Å². The van der Waals surface area contributed by atoms with Gasteiger partial charge in [-0.25, -0.2) is 0 Å². The third kappa shape index (κ3) is 2.92. The maximum absolute atomic E-state index is 12.6. The van der Waals surface area contributed by atoms with E-state index in [1.54, 1.807) is 12.0 Å².